The molecule has 2 unspecified atom stereocenters. The molecule has 1 saturated carbocycles. The average Bonchev–Trinajstić information content (AvgIpc) is 2.39. The highest BCUT2D eigenvalue weighted by molar-refractivity contribution is 5.96. The van der Waals surface area contributed by atoms with Crippen molar-refractivity contribution in [2.24, 2.45) is 11.7 Å². The zero-order valence-electron chi connectivity index (χ0n) is 10.3. The summed E-state index contributed by atoms with van der Waals surface area (Å²) < 4.78 is 0. The molecule has 0 spiro atoms. The first kappa shape index (κ1) is 12.8. The Morgan fingerprint density at radius 3 is 2.78 bits per heavy atom. The molecule has 18 heavy (non-hydrogen) atoms. The standard InChI is InChI=1S/C12H19N5O/c13-7-8-3-1-2-4-9(8)17-12(18)10-11(14)16-6-5-15-10/h5-6,8-9H,1-4,7,13H2,(H2,14,16)(H,17,18). The number of nitrogens with two attached hydrogens (primary N) is 2. The maximum atomic E-state index is 12.1. The predicted molar refractivity (Wildman–Crippen MR) is 68.7 cm³/mol. The summed E-state index contributed by atoms with van der Waals surface area (Å²) in [5, 5.41) is 2.98. The van der Waals surface area contributed by atoms with Gasteiger partial charge in [0.25, 0.3) is 5.91 Å². The highest BCUT2D eigenvalue weighted by atomic mass is 16.2. The fraction of sp³-hybridized carbons (Fsp3) is 0.583. The summed E-state index contributed by atoms with van der Waals surface area (Å²) >= 11 is 0. The van der Waals surface area contributed by atoms with Crippen LogP contribution in [-0.4, -0.2) is 28.5 Å². The molecule has 1 aromatic rings. The van der Waals surface area contributed by atoms with Crippen molar-refractivity contribution in [1.29, 1.82) is 0 Å². The van der Waals surface area contributed by atoms with Gasteiger partial charge in [0.2, 0.25) is 0 Å². The summed E-state index contributed by atoms with van der Waals surface area (Å²) in [5.74, 6) is 0.252. The van der Waals surface area contributed by atoms with Crippen molar-refractivity contribution in [3.63, 3.8) is 0 Å². The lowest BCUT2D eigenvalue weighted by Crippen LogP contribution is -2.45. The summed E-state index contributed by atoms with van der Waals surface area (Å²) in [6.45, 7) is 0.598. The van der Waals surface area contributed by atoms with E-state index in [0.29, 0.717) is 12.5 Å². The van der Waals surface area contributed by atoms with Crippen LogP contribution in [-0.2, 0) is 0 Å². The van der Waals surface area contributed by atoms with E-state index in [4.69, 9.17) is 11.5 Å². The second kappa shape index (κ2) is 5.77. The third-order valence-corrected chi connectivity index (χ3v) is 3.47. The van der Waals surface area contributed by atoms with Gasteiger partial charge in [-0.2, -0.15) is 0 Å². The highest BCUT2D eigenvalue weighted by Crippen LogP contribution is 2.23. The van der Waals surface area contributed by atoms with Crippen LogP contribution in [0, 0.1) is 5.92 Å². The Balaban J connectivity index is 2.04. The first-order valence-corrected chi connectivity index (χ1v) is 6.29. The molecule has 6 heteroatoms. The molecule has 1 heterocycles. The second-order valence-corrected chi connectivity index (χ2v) is 4.65. The zero-order chi connectivity index (χ0) is 13.0. The molecule has 0 bridgehead atoms. The summed E-state index contributed by atoms with van der Waals surface area (Å²) in [5.41, 5.74) is 11.6. The molecule has 1 aliphatic carbocycles. The van der Waals surface area contributed by atoms with E-state index in [9.17, 15) is 4.79 Å². The van der Waals surface area contributed by atoms with E-state index in [1.54, 1.807) is 0 Å². The fourth-order valence-electron chi connectivity index (χ4n) is 2.44. The van der Waals surface area contributed by atoms with Gasteiger partial charge in [-0.15, -0.1) is 0 Å². The van der Waals surface area contributed by atoms with Gasteiger partial charge in [0.05, 0.1) is 0 Å². The smallest absolute Gasteiger partial charge is 0.273 e. The molecule has 5 N–H and O–H groups in total. The van der Waals surface area contributed by atoms with E-state index < -0.39 is 0 Å². The van der Waals surface area contributed by atoms with Crippen molar-refractivity contribution in [1.82, 2.24) is 15.3 Å². The lowest BCUT2D eigenvalue weighted by molar-refractivity contribution is 0.0903. The first-order chi connectivity index (χ1) is 8.72. The quantitative estimate of drug-likeness (QED) is 0.714. The van der Waals surface area contributed by atoms with E-state index in [1.165, 1.54) is 18.8 Å². The lowest BCUT2D eigenvalue weighted by atomic mass is 9.84. The van der Waals surface area contributed by atoms with Gasteiger partial charge in [0.1, 0.15) is 0 Å². The van der Waals surface area contributed by atoms with Gasteiger partial charge < -0.3 is 16.8 Å². The van der Waals surface area contributed by atoms with Crippen molar-refractivity contribution in [2.75, 3.05) is 12.3 Å². The number of hydrogen-bond acceptors (Lipinski definition) is 5. The van der Waals surface area contributed by atoms with Crippen molar-refractivity contribution >= 4 is 11.7 Å². The van der Waals surface area contributed by atoms with Crippen molar-refractivity contribution in [2.45, 2.75) is 31.7 Å². The van der Waals surface area contributed by atoms with Crippen molar-refractivity contribution in [3.05, 3.63) is 18.1 Å². The maximum Gasteiger partial charge on any atom is 0.273 e. The average molecular weight is 249 g/mol. The Morgan fingerprint density at radius 2 is 2.06 bits per heavy atom. The Labute approximate surface area is 106 Å². The molecule has 0 aromatic carbocycles. The maximum absolute atomic E-state index is 12.1. The van der Waals surface area contributed by atoms with Gasteiger partial charge in [-0.05, 0) is 25.3 Å². The highest BCUT2D eigenvalue weighted by Gasteiger charge is 2.26. The van der Waals surface area contributed by atoms with Gasteiger partial charge in [-0.25, -0.2) is 9.97 Å². The number of nitrogens with zero attached hydrogens (tertiary/aromatic N) is 2. The lowest BCUT2D eigenvalue weighted by Gasteiger charge is -2.31. The summed E-state index contributed by atoms with van der Waals surface area (Å²) in [6.07, 6.45) is 7.27. The van der Waals surface area contributed by atoms with E-state index in [-0.39, 0.29) is 23.5 Å². The topological polar surface area (TPSA) is 107 Å². The van der Waals surface area contributed by atoms with Crippen LogP contribution in [0.15, 0.2) is 12.4 Å². The van der Waals surface area contributed by atoms with Crippen molar-refractivity contribution in [3.8, 4) is 0 Å². The number of carbonyl (C=O) groups is 1. The Kier molecular flexibility index (Phi) is 4.09. The van der Waals surface area contributed by atoms with Crippen LogP contribution in [0.3, 0.4) is 0 Å². The van der Waals surface area contributed by atoms with Crippen LogP contribution < -0.4 is 16.8 Å². The number of nitrogen functional groups attached to an aromatic ring is 1. The molecule has 1 fully saturated rings. The minimum atomic E-state index is -0.258. The van der Waals surface area contributed by atoms with Crippen molar-refractivity contribution < 1.29 is 4.79 Å². The van der Waals surface area contributed by atoms with E-state index in [2.05, 4.69) is 15.3 Å². The molecule has 2 rings (SSSR count). The predicted octanol–water partition coefficient (Wildman–Crippen LogP) is 0.306. The van der Waals surface area contributed by atoms with E-state index in [1.807, 2.05) is 0 Å². The van der Waals surface area contributed by atoms with Crippen LogP contribution in [0.1, 0.15) is 36.2 Å². The Hall–Kier alpha value is -1.69. The molecule has 1 amide bonds. The second-order valence-electron chi connectivity index (χ2n) is 4.65. The molecule has 98 valence electrons. The normalized spacial score (nSPS) is 23.6. The Bertz CT molecular complexity index is 423. The van der Waals surface area contributed by atoms with Gasteiger partial charge >= 0.3 is 0 Å². The van der Waals surface area contributed by atoms with Gasteiger partial charge in [0, 0.05) is 18.4 Å². The third kappa shape index (κ3) is 2.76. The molecule has 2 atom stereocenters. The van der Waals surface area contributed by atoms with Crippen LogP contribution in [0.5, 0.6) is 0 Å². The monoisotopic (exact) mass is 249 g/mol. The molecular formula is C12H19N5O. The number of anilines is 1. The molecule has 6 nitrogen and oxygen atoms in total. The van der Waals surface area contributed by atoms with Gasteiger partial charge in [-0.1, -0.05) is 12.8 Å². The number of rotatable bonds is 3. The molecule has 0 radical (unpaired) electrons. The first-order valence-electron chi connectivity index (χ1n) is 6.29. The minimum Gasteiger partial charge on any atom is -0.382 e. The van der Waals surface area contributed by atoms with Crippen LogP contribution in [0.25, 0.3) is 0 Å². The number of nitrogens with one attached hydrogen (secondary N) is 1. The van der Waals surface area contributed by atoms with E-state index in [0.717, 1.165) is 19.3 Å². The molecule has 1 aliphatic rings. The number of carbonyl (C=O) groups excluding carboxylic acids is 1. The van der Waals surface area contributed by atoms with E-state index >= 15 is 0 Å². The van der Waals surface area contributed by atoms with Crippen LogP contribution >= 0.6 is 0 Å². The largest absolute Gasteiger partial charge is 0.382 e. The number of hydrogen-bond donors (Lipinski definition) is 3. The van der Waals surface area contributed by atoms with Crippen LogP contribution in [0.4, 0.5) is 5.82 Å². The molecule has 0 saturated heterocycles. The molecule has 0 aliphatic heterocycles. The van der Waals surface area contributed by atoms with Gasteiger partial charge in [-0.3, -0.25) is 4.79 Å². The SMILES string of the molecule is NCC1CCCCC1NC(=O)c1nccnc1N. The summed E-state index contributed by atoms with van der Waals surface area (Å²) in [6, 6.07) is 0.123. The molecular weight excluding hydrogens is 230 g/mol. The minimum absolute atomic E-state index is 0.123. The molecule has 1 aromatic heterocycles. The fourth-order valence-corrected chi connectivity index (χ4v) is 2.44. The zero-order valence-corrected chi connectivity index (χ0v) is 10.3. The third-order valence-electron chi connectivity index (χ3n) is 3.47. The number of aromatic nitrogens is 2. The Morgan fingerprint density at radius 1 is 1.33 bits per heavy atom. The summed E-state index contributed by atoms with van der Waals surface area (Å²) in [7, 11) is 0. The summed E-state index contributed by atoms with van der Waals surface area (Å²) in [4.78, 5) is 19.9. The number of amides is 1. The van der Waals surface area contributed by atoms with Gasteiger partial charge in [0.15, 0.2) is 11.5 Å². The van der Waals surface area contributed by atoms with Crippen LogP contribution in [0.2, 0.25) is 0 Å².